The molecule has 184 valence electrons. The van der Waals surface area contributed by atoms with Crippen molar-refractivity contribution in [3.63, 3.8) is 0 Å². The number of carboxylic acids is 1. The Labute approximate surface area is 194 Å². The average molecular weight is 451 g/mol. The third-order valence-electron chi connectivity index (χ3n) is 11.4. The van der Waals surface area contributed by atoms with E-state index in [-0.39, 0.29) is 64.5 Å². The molecule has 0 aromatic rings. The first-order chi connectivity index (χ1) is 15.0. The van der Waals surface area contributed by atoms with Crippen molar-refractivity contribution in [3.8, 4) is 0 Å². The molecular formula is C27H46O5. The van der Waals surface area contributed by atoms with E-state index in [4.69, 9.17) is 0 Å². The highest BCUT2D eigenvalue weighted by Crippen LogP contribution is 2.69. The van der Waals surface area contributed by atoms with Crippen molar-refractivity contribution in [1.29, 1.82) is 0 Å². The van der Waals surface area contributed by atoms with Gasteiger partial charge in [-0.15, -0.1) is 0 Å². The summed E-state index contributed by atoms with van der Waals surface area (Å²) in [5.74, 6) is 0.687. The summed E-state index contributed by atoms with van der Waals surface area (Å²) in [6.07, 6.45) is 5.85. The van der Waals surface area contributed by atoms with Crippen LogP contribution in [0.25, 0.3) is 0 Å². The van der Waals surface area contributed by atoms with Gasteiger partial charge < -0.3 is 20.4 Å². The first kappa shape index (κ1) is 24.5. The van der Waals surface area contributed by atoms with Gasteiger partial charge in [-0.3, -0.25) is 4.79 Å². The molecule has 0 heterocycles. The number of fused-ring (bicyclic) bond motifs is 5. The molecule has 13 atom stereocenters. The molecule has 5 nitrogen and oxygen atoms in total. The molecule has 4 rings (SSSR count). The molecule has 0 bridgehead atoms. The van der Waals surface area contributed by atoms with Gasteiger partial charge in [-0.25, -0.2) is 0 Å². The van der Waals surface area contributed by atoms with E-state index in [1.165, 1.54) is 0 Å². The smallest absolute Gasteiger partial charge is 0.306 e. The van der Waals surface area contributed by atoms with Crippen LogP contribution in [-0.2, 0) is 4.79 Å². The van der Waals surface area contributed by atoms with Crippen molar-refractivity contribution in [3.05, 3.63) is 0 Å². The zero-order valence-corrected chi connectivity index (χ0v) is 20.7. The van der Waals surface area contributed by atoms with Gasteiger partial charge in [0.2, 0.25) is 0 Å². The van der Waals surface area contributed by atoms with Gasteiger partial charge in [0.25, 0.3) is 0 Å². The fourth-order valence-electron chi connectivity index (χ4n) is 9.71. The summed E-state index contributed by atoms with van der Waals surface area (Å²) in [6.45, 7) is 10.8. The SMILES string of the molecule is CC[C@H]1[C@@H](O)C2C3CC[C@H]([C@H](C)C[C@H](C)C(=O)O)[C@@]3(C)[C@@H](O)CC2[C@@]2(C)CC[C@H](O)C[C@@H]12. The second-order valence-corrected chi connectivity index (χ2v) is 12.6. The van der Waals surface area contributed by atoms with Gasteiger partial charge in [0.1, 0.15) is 0 Å². The van der Waals surface area contributed by atoms with E-state index in [0.717, 1.165) is 44.9 Å². The van der Waals surface area contributed by atoms with Crippen molar-refractivity contribution >= 4 is 5.97 Å². The van der Waals surface area contributed by atoms with Crippen LogP contribution >= 0.6 is 0 Å². The molecule has 0 aliphatic heterocycles. The highest BCUT2D eigenvalue weighted by molar-refractivity contribution is 5.69. The molecule has 0 aromatic heterocycles. The van der Waals surface area contributed by atoms with E-state index in [1.807, 2.05) is 0 Å². The summed E-state index contributed by atoms with van der Waals surface area (Å²) >= 11 is 0. The first-order valence-corrected chi connectivity index (χ1v) is 13.2. The third kappa shape index (κ3) is 3.48. The number of carbonyl (C=O) groups is 1. The number of hydrogen-bond donors (Lipinski definition) is 4. The molecule has 0 aromatic carbocycles. The van der Waals surface area contributed by atoms with Gasteiger partial charge in [-0.05, 0) is 97.2 Å². The van der Waals surface area contributed by atoms with Crippen molar-refractivity contribution < 1.29 is 25.2 Å². The van der Waals surface area contributed by atoms with Crippen LogP contribution in [0.1, 0.15) is 86.0 Å². The predicted octanol–water partition coefficient (Wildman–Crippen LogP) is 4.33. The van der Waals surface area contributed by atoms with Gasteiger partial charge >= 0.3 is 5.97 Å². The Hall–Kier alpha value is -0.650. The predicted molar refractivity (Wildman–Crippen MR) is 124 cm³/mol. The van der Waals surface area contributed by atoms with E-state index in [9.17, 15) is 25.2 Å². The minimum absolute atomic E-state index is 0.0631. The molecule has 4 saturated carbocycles. The molecule has 4 N–H and O–H groups in total. The molecule has 4 aliphatic carbocycles. The van der Waals surface area contributed by atoms with Crippen molar-refractivity contribution in [2.24, 2.45) is 58.2 Å². The van der Waals surface area contributed by atoms with Crippen LogP contribution in [0.5, 0.6) is 0 Å². The number of aliphatic hydroxyl groups is 3. The van der Waals surface area contributed by atoms with E-state index in [2.05, 4.69) is 27.7 Å². The Morgan fingerprint density at radius 1 is 1.00 bits per heavy atom. The van der Waals surface area contributed by atoms with E-state index in [1.54, 1.807) is 6.92 Å². The van der Waals surface area contributed by atoms with Crippen LogP contribution in [0.3, 0.4) is 0 Å². The third-order valence-corrected chi connectivity index (χ3v) is 11.4. The Balaban J connectivity index is 1.66. The summed E-state index contributed by atoms with van der Waals surface area (Å²) in [5, 5.41) is 43.3. The molecule has 4 aliphatic rings. The Morgan fingerprint density at radius 2 is 1.69 bits per heavy atom. The Kier molecular flexibility index (Phi) is 6.53. The van der Waals surface area contributed by atoms with Gasteiger partial charge in [0.15, 0.2) is 0 Å². The average Bonchev–Trinajstić information content (AvgIpc) is 3.09. The van der Waals surface area contributed by atoms with Crippen molar-refractivity contribution in [2.75, 3.05) is 0 Å². The summed E-state index contributed by atoms with van der Waals surface area (Å²) in [4.78, 5) is 11.5. The highest BCUT2D eigenvalue weighted by Gasteiger charge is 2.67. The summed E-state index contributed by atoms with van der Waals surface area (Å²) in [5.41, 5.74) is -0.205. The maximum absolute atomic E-state index is 11.8. The first-order valence-electron chi connectivity index (χ1n) is 13.2. The monoisotopic (exact) mass is 450 g/mol. The van der Waals surface area contributed by atoms with E-state index in [0.29, 0.717) is 12.3 Å². The molecule has 0 amide bonds. The minimum Gasteiger partial charge on any atom is -0.481 e. The topological polar surface area (TPSA) is 98.0 Å². The minimum atomic E-state index is -0.743. The lowest BCUT2D eigenvalue weighted by atomic mass is 9.41. The van der Waals surface area contributed by atoms with Crippen LogP contribution in [0.15, 0.2) is 0 Å². The molecule has 4 fully saturated rings. The van der Waals surface area contributed by atoms with Gasteiger partial charge in [-0.2, -0.15) is 0 Å². The molecule has 3 unspecified atom stereocenters. The second kappa shape index (κ2) is 8.53. The fraction of sp³-hybridized carbons (Fsp3) is 0.963. The zero-order valence-electron chi connectivity index (χ0n) is 20.7. The lowest BCUT2D eigenvalue weighted by molar-refractivity contribution is -0.228. The van der Waals surface area contributed by atoms with Crippen LogP contribution in [0.2, 0.25) is 0 Å². The van der Waals surface area contributed by atoms with Crippen LogP contribution in [-0.4, -0.2) is 44.7 Å². The highest BCUT2D eigenvalue weighted by atomic mass is 16.4. The number of hydrogen-bond acceptors (Lipinski definition) is 4. The van der Waals surface area contributed by atoms with Crippen molar-refractivity contribution in [2.45, 2.75) is 104 Å². The largest absolute Gasteiger partial charge is 0.481 e. The molecule has 0 spiro atoms. The lowest BCUT2D eigenvalue weighted by Crippen LogP contribution is -2.65. The maximum Gasteiger partial charge on any atom is 0.306 e. The molecule has 0 radical (unpaired) electrons. The normalized spacial score (nSPS) is 52.4. The molecular weight excluding hydrogens is 404 g/mol. The van der Waals surface area contributed by atoms with E-state index < -0.39 is 12.1 Å². The summed E-state index contributed by atoms with van der Waals surface area (Å²) in [6, 6.07) is 0. The quantitative estimate of drug-likeness (QED) is 0.500. The number of rotatable bonds is 5. The van der Waals surface area contributed by atoms with Gasteiger partial charge in [0.05, 0.1) is 24.2 Å². The van der Waals surface area contributed by atoms with Crippen LogP contribution in [0, 0.1) is 58.2 Å². The summed E-state index contributed by atoms with van der Waals surface area (Å²) in [7, 11) is 0. The Morgan fingerprint density at radius 3 is 2.31 bits per heavy atom. The standard InChI is InChI=1S/C27H46O5/c1-6-17-20-12-16(28)9-10-26(20,4)21-13-22(29)27(5)18(14(2)11-15(3)25(31)32)7-8-19(27)23(21)24(17)30/h14-24,28-30H,6-13H2,1-5H3,(H,31,32)/t14-,15+,16+,17-,18-,19?,20+,21?,22+,23?,24-,26+,27-/m1/s1. The van der Waals surface area contributed by atoms with Crippen LogP contribution < -0.4 is 0 Å². The van der Waals surface area contributed by atoms with Crippen LogP contribution in [0.4, 0.5) is 0 Å². The van der Waals surface area contributed by atoms with Gasteiger partial charge in [-0.1, -0.05) is 41.0 Å². The Bertz CT molecular complexity index is 710. The zero-order chi connectivity index (χ0) is 23.6. The maximum atomic E-state index is 11.8. The molecule has 5 heteroatoms. The number of carboxylic acid groups (broad SMARTS) is 1. The van der Waals surface area contributed by atoms with E-state index >= 15 is 0 Å². The summed E-state index contributed by atoms with van der Waals surface area (Å²) < 4.78 is 0. The second-order valence-electron chi connectivity index (χ2n) is 12.6. The van der Waals surface area contributed by atoms with Crippen molar-refractivity contribution in [1.82, 2.24) is 0 Å². The number of aliphatic hydroxyl groups excluding tert-OH is 3. The molecule has 0 saturated heterocycles. The fourth-order valence-corrected chi connectivity index (χ4v) is 9.71. The lowest BCUT2D eigenvalue weighted by Gasteiger charge is -2.65. The molecule has 32 heavy (non-hydrogen) atoms. The van der Waals surface area contributed by atoms with Gasteiger partial charge in [0, 0.05) is 0 Å². The number of aliphatic carboxylic acids is 1.